The number of carbonyl (C=O) groups is 3. The van der Waals surface area contributed by atoms with E-state index in [1.54, 1.807) is 24.3 Å². The van der Waals surface area contributed by atoms with Gasteiger partial charge in [-0.1, -0.05) is 18.2 Å². The second kappa shape index (κ2) is 6.34. The van der Waals surface area contributed by atoms with E-state index in [1.165, 1.54) is 14.0 Å². The number of ether oxygens (including phenoxy) is 1. The minimum atomic E-state index is -1.16. The standard InChI is InChI=1S/C16H16N4O5/c1-9(13(21)20-8-7-17-16(20)24)25-15(23)12-10-5-3-4-6-11(10)14(22)19(2)18-12/h3-6,9H,7-8H2,1-2H3,(H,17,24)/t9-/m0/s1. The monoisotopic (exact) mass is 344 g/mol. The fourth-order valence-corrected chi connectivity index (χ4v) is 2.62. The average molecular weight is 344 g/mol. The van der Waals surface area contributed by atoms with Crippen LogP contribution in [0, 0.1) is 0 Å². The summed E-state index contributed by atoms with van der Waals surface area (Å²) >= 11 is 0. The third kappa shape index (κ3) is 2.95. The smallest absolute Gasteiger partial charge is 0.360 e. The summed E-state index contributed by atoms with van der Waals surface area (Å²) in [4.78, 5) is 49.3. The summed E-state index contributed by atoms with van der Waals surface area (Å²) in [5.41, 5.74) is -0.409. The zero-order valence-electron chi connectivity index (χ0n) is 13.7. The van der Waals surface area contributed by atoms with E-state index < -0.39 is 24.0 Å². The highest BCUT2D eigenvalue weighted by molar-refractivity contribution is 6.04. The molecule has 0 bridgehead atoms. The van der Waals surface area contributed by atoms with Crippen LogP contribution in [0.15, 0.2) is 29.1 Å². The van der Waals surface area contributed by atoms with Gasteiger partial charge in [-0.15, -0.1) is 0 Å². The first-order valence-electron chi connectivity index (χ1n) is 7.66. The fourth-order valence-electron chi connectivity index (χ4n) is 2.62. The first-order valence-corrected chi connectivity index (χ1v) is 7.66. The first kappa shape index (κ1) is 16.6. The van der Waals surface area contributed by atoms with Gasteiger partial charge in [-0.2, -0.15) is 5.10 Å². The van der Waals surface area contributed by atoms with Gasteiger partial charge in [0, 0.05) is 25.5 Å². The predicted molar refractivity (Wildman–Crippen MR) is 87.0 cm³/mol. The summed E-state index contributed by atoms with van der Waals surface area (Å²) in [6.45, 7) is 1.97. The molecule has 0 radical (unpaired) electrons. The molecule has 2 aromatic rings. The largest absolute Gasteiger partial charge is 0.448 e. The van der Waals surface area contributed by atoms with E-state index in [0.717, 1.165) is 9.58 Å². The Morgan fingerprint density at radius 1 is 1.24 bits per heavy atom. The van der Waals surface area contributed by atoms with Crippen molar-refractivity contribution < 1.29 is 19.1 Å². The third-order valence-electron chi connectivity index (χ3n) is 3.90. The highest BCUT2D eigenvalue weighted by Crippen LogP contribution is 2.15. The number of imide groups is 1. The van der Waals surface area contributed by atoms with Crippen molar-refractivity contribution in [2.45, 2.75) is 13.0 Å². The van der Waals surface area contributed by atoms with Crippen molar-refractivity contribution in [2.24, 2.45) is 7.05 Å². The Balaban J connectivity index is 1.88. The van der Waals surface area contributed by atoms with Crippen LogP contribution in [0.25, 0.3) is 10.8 Å². The van der Waals surface area contributed by atoms with E-state index in [-0.39, 0.29) is 17.8 Å². The Morgan fingerprint density at radius 3 is 2.56 bits per heavy atom. The lowest BCUT2D eigenvalue weighted by Gasteiger charge is -2.18. The number of esters is 1. The SMILES string of the molecule is C[C@H](OC(=O)c1nn(C)c(=O)c2ccccc12)C(=O)N1CCNC1=O. The van der Waals surface area contributed by atoms with Gasteiger partial charge in [-0.05, 0) is 13.0 Å². The van der Waals surface area contributed by atoms with Crippen LogP contribution in [-0.4, -0.2) is 51.8 Å². The van der Waals surface area contributed by atoms with E-state index in [9.17, 15) is 19.2 Å². The van der Waals surface area contributed by atoms with Crippen LogP contribution in [0.1, 0.15) is 17.4 Å². The average Bonchev–Trinajstić information content (AvgIpc) is 3.03. The number of aryl methyl sites for hydroxylation is 1. The number of aromatic nitrogens is 2. The molecule has 1 saturated heterocycles. The van der Waals surface area contributed by atoms with Gasteiger partial charge in [0.05, 0.1) is 5.39 Å². The summed E-state index contributed by atoms with van der Waals surface area (Å²) in [5.74, 6) is -1.45. The molecule has 1 N–H and O–H groups in total. The fraction of sp³-hybridized carbons (Fsp3) is 0.312. The van der Waals surface area contributed by atoms with E-state index in [0.29, 0.717) is 17.3 Å². The molecule has 9 nitrogen and oxygen atoms in total. The molecule has 0 spiro atoms. The number of rotatable bonds is 3. The van der Waals surface area contributed by atoms with Gasteiger partial charge < -0.3 is 10.1 Å². The topological polar surface area (TPSA) is 111 Å². The lowest BCUT2D eigenvalue weighted by atomic mass is 10.1. The molecule has 2 heterocycles. The van der Waals surface area contributed by atoms with E-state index in [2.05, 4.69) is 10.4 Å². The van der Waals surface area contributed by atoms with Gasteiger partial charge in [0.15, 0.2) is 11.8 Å². The number of nitrogens with zero attached hydrogens (tertiary/aromatic N) is 3. The molecular formula is C16H16N4O5. The number of carbonyl (C=O) groups excluding carboxylic acids is 3. The number of benzene rings is 1. The van der Waals surface area contributed by atoms with Crippen molar-refractivity contribution in [1.29, 1.82) is 0 Å². The number of amides is 3. The Kier molecular flexibility index (Phi) is 4.22. The molecule has 1 aromatic carbocycles. The van der Waals surface area contributed by atoms with Crippen LogP contribution in [0.3, 0.4) is 0 Å². The first-order chi connectivity index (χ1) is 11.9. The summed E-state index contributed by atoms with van der Waals surface area (Å²) < 4.78 is 6.21. The van der Waals surface area contributed by atoms with Crippen LogP contribution in [0.5, 0.6) is 0 Å². The Labute approximate surface area is 142 Å². The van der Waals surface area contributed by atoms with Crippen LogP contribution in [-0.2, 0) is 16.6 Å². The molecule has 3 rings (SSSR count). The summed E-state index contributed by atoms with van der Waals surface area (Å²) in [6, 6.07) is 6.00. The molecular weight excluding hydrogens is 328 g/mol. The molecule has 1 aromatic heterocycles. The molecule has 0 saturated carbocycles. The van der Waals surface area contributed by atoms with Gasteiger partial charge in [0.1, 0.15) is 0 Å². The Morgan fingerprint density at radius 2 is 1.92 bits per heavy atom. The maximum Gasteiger partial charge on any atom is 0.360 e. The molecule has 0 aliphatic carbocycles. The second-order valence-electron chi connectivity index (χ2n) is 5.59. The Bertz CT molecular complexity index is 936. The number of hydrogen-bond acceptors (Lipinski definition) is 6. The number of fused-ring (bicyclic) bond motifs is 1. The molecule has 1 aliphatic heterocycles. The van der Waals surface area contributed by atoms with Crippen molar-refractivity contribution >= 4 is 28.7 Å². The predicted octanol–water partition coefficient (Wildman–Crippen LogP) is 0.0306. The van der Waals surface area contributed by atoms with Crippen molar-refractivity contribution in [1.82, 2.24) is 20.0 Å². The minimum Gasteiger partial charge on any atom is -0.448 e. The molecule has 1 aliphatic rings. The maximum absolute atomic E-state index is 12.5. The highest BCUT2D eigenvalue weighted by atomic mass is 16.5. The normalized spacial score (nSPS) is 15.1. The van der Waals surface area contributed by atoms with Crippen molar-refractivity contribution in [3.63, 3.8) is 0 Å². The highest BCUT2D eigenvalue weighted by Gasteiger charge is 2.32. The van der Waals surface area contributed by atoms with Gasteiger partial charge in [0.25, 0.3) is 11.5 Å². The molecule has 1 fully saturated rings. The molecule has 0 unspecified atom stereocenters. The van der Waals surface area contributed by atoms with E-state index in [1.807, 2.05) is 0 Å². The maximum atomic E-state index is 12.5. The van der Waals surface area contributed by atoms with Crippen LogP contribution in [0.4, 0.5) is 4.79 Å². The zero-order valence-corrected chi connectivity index (χ0v) is 13.7. The summed E-state index contributed by atoms with van der Waals surface area (Å²) in [6.07, 6.45) is -1.16. The van der Waals surface area contributed by atoms with Crippen LogP contribution >= 0.6 is 0 Å². The second-order valence-corrected chi connectivity index (χ2v) is 5.59. The lowest BCUT2D eigenvalue weighted by molar-refractivity contribution is -0.136. The van der Waals surface area contributed by atoms with Crippen molar-refractivity contribution in [3.05, 3.63) is 40.3 Å². The lowest BCUT2D eigenvalue weighted by Crippen LogP contribution is -2.42. The quantitative estimate of drug-likeness (QED) is 0.787. The summed E-state index contributed by atoms with van der Waals surface area (Å²) in [5, 5.41) is 7.12. The molecule has 25 heavy (non-hydrogen) atoms. The van der Waals surface area contributed by atoms with Crippen molar-refractivity contribution in [3.8, 4) is 0 Å². The van der Waals surface area contributed by atoms with E-state index in [4.69, 9.17) is 4.74 Å². The minimum absolute atomic E-state index is 0.0665. The molecule has 3 amide bonds. The van der Waals surface area contributed by atoms with Crippen LogP contribution in [0.2, 0.25) is 0 Å². The van der Waals surface area contributed by atoms with Gasteiger partial charge >= 0.3 is 12.0 Å². The van der Waals surface area contributed by atoms with Crippen LogP contribution < -0.4 is 10.9 Å². The Hall–Kier alpha value is -3.23. The molecule has 1 atom stereocenters. The van der Waals surface area contributed by atoms with Gasteiger partial charge in [-0.25, -0.2) is 14.3 Å². The molecule has 9 heteroatoms. The van der Waals surface area contributed by atoms with Gasteiger partial charge in [0.2, 0.25) is 0 Å². The van der Waals surface area contributed by atoms with Crippen molar-refractivity contribution in [2.75, 3.05) is 13.1 Å². The number of urea groups is 1. The molecule has 130 valence electrons. The third-order valence-corrected chi connectivity index (χ3v) is 3.90. The zero-order chi connectivity index (χ0) is 18.1. The van der Waals surface area contributed by atoms with E-state index >= 15 is 0 Å². The van der Waals surface area contributed by atoms with Gasteiger partial charge in [-0.3, -0.25) is 14.5 Å². The summed E-state index contributed by atoms with van der Waals surface area (Å²) in [7, 11) is 1.43. The number of nitrogens with one attached hydrogen (secondary N) is 1. The number of hydrogen-bond donors (Lipinski definition) is 1.